The highest BCUT2D eigenvalue weighted by Gasteiger charge is 2.15. The molecule has 1 heterocycles. The van der Waals surface area contributed by atoms with Crippen LogP contribution in [0, 0.1) is 6.92 Å². The third-order valence-electron chi connectivity index (χ3n) is 4.19. The van der Waals surface area contributed by atoms with Gasteiger partial charge in [-0.15, -0.1) is 0 Å². The third kappa shape index (κ3) is 3.24. The number of hydrogen-bond acceptors (Lipinski definition) is 4. The molecule has 0 spiro atoms. The van der Waals surface area contributed by atoms with E-state index in [-0.39, 0.29) is 5.91 Å². The minimum atomic E-state index is -0.310. The highest BCUT2D eigenvalue weighted by atomic mass is 32.1. The number of fused-ring (bicyclic) bond motifs is 1. The molecule has 0 aliphatic rings. The number of hydrogen-bond donors (Lipinski definition) is 0. The molecule has 1 aromatic heterocycles. The summed E-state index contributed by atoms with van der Waals surface area (Å²) in [5.74, 6) is 1.01. The van der Waals surface area contributed by atoms with Crippen LogP contribution in [0.5, 0.6) is 11.5 Å². The lowest BCUT2D eigenvalue weighted by Crippen LogP contribution is -2.17. The predicted octanol–water partition coefficient (Wildman–Crippen LogP) is 4.18. The maximum atomic E-state index is 12.8. The van der Waals surface area contributed by atoms with Crippen LogP contribution in [0.2, 0.25) is 0 Å². The number of carbonyl (C=O) groups is 1. The Hall–Kier alpha value is -2.60. The predicted molar refractivity (Wildman–Crippen MR) is 104 cm³/mol. The van der Waals surface area contributed by atoms with Crippen LogP contribution in [-0.4, -0.2) is 24.7 Å². The van der Waals surface area contributed by atoms with E-state index in [1.165, 1.54) is 11.3 Å². The minimum absolute atomic E-state index is 0.310. The summed E-state index contributed by atoms with van der Waals surface area (Å²) in [6.07, 6.45) is 0.930. The average Bonchev–Trinajstić information content (AvgIpc) is 3.01. The van der Waals surface area contributed by atoms with Gasteiger partial charge in [0.05, 0.1) is 24.5 Å². The summed E-state index contributed by atoms with van der Waals surface area (Å²) in [5.41, 5.74) is 2.59. The van der Waals surface area contributed by atoms with Crippen molar-refractivity contribution < 1.29 is 14.3 Å². The molecule has 5 nitrogen and oxygen atoms in total. The molecule has 0 fully saturated rings. The van der Waals surface area contributed by atoms with E-state index in [2.05, 4.69) is 23.4 Å². The van der Waals surface area contributed by atoms with Crippen molar-refractivity contribution in [1.29, 1.82) is 0 Å². The van der Waals surface area contributed by atoms with Crippen molar-refractivity contribution in [2.75, 3.05) is 14.2 Å². The Kier molecular flexibility index (Phi) is 5.42. The van der Waals surface area contributed by atoms with Gasteiger partial charge >= 0.3 is 0 Å². The first-order valence-electron chi connectivity index (χ1n) is 8.49. The molecule has 2 aromatic carbocycles. The lowest BCUT2D eigenvalue weighted by atomic mass is 10.2. The Morgan fingerprint density at radius 3 is 2.54 bits per heavy atom. The zero-order chi connectivity index (χ0) is 18.7. The zero-order valence-corrected chi connectivity index (χ0v) is 16.2. The average molecular weight is 370 g/mol. The highest BCUT2D eigenvalue weighted by Crippen LogP contribution is 2.30. The molecule has 0 saturated carbocycles. The summed E-state index contributed by atoms with van der Waals surface area (Å²) in [7, 11) is 3.21. The number of carbonyl (C=O) groups excluding carboxylic acids is 1. The SMILES string of the molecule is CCCn1c(=NC(=O)c2ccccc2OC)sc2c(C)ccc(OC)c21. The molecule has 3 rings (SSSR count). The van der Waals surface area contributed by atoms with E-state index in [4.69, 9.17) is 9.47 Å². The molecule has 0 saturated heterocycles. The van der Waals surface area contributed by atoms with E-state index < -0.39 is 0 Å². The van der Waals surface area contributed by atoms with Gasteiger partial charge in [0.15, 0.2) is 4.80 Å². The zero-order valence-electron chi connectivity index (χ0n) is 15.4. The summed E-state index contributed by atoms with van der Waals surface area (Å²) in [5, 5.41) is 0. The topological polar surface area (TPSA) is 52.8 Å². The number of ether oxygens (including phenoxy) is 2. The molecular formula is C20H22N2O3S. The van der Waals surface area contributed by atoms with Crippen LogP contribution in [0.3, 0.4) is 0 Å². The number of nitrogens with zero attached hydrogens (tertiary/aromatic N) is 2. The van der Waals surface area contributed by atoms with Gasteiger partial charge in [-0.05, 0) is 37.1 Å². The highest BCUT2D eigenvalue weighted by molar-refractivity contribution is 7.16. The van der Waals surface area contributed by atoms with Crippen LogP contribution < -0.4 is 14.3 Å². The van der Waals surface area contributed by atoms with Crippen LogP contribution >= 0.6 is 11.3 Å². The molecule has 0 bridgehead atoms. The third-order valence-corrected chi connectivity index (χ3v) is 5.40. The largest absolute Gasteiger partial charge is 0.496 e. The smallest absolute Gasteiger partial charge is 0.283 e. The van der Waals surface area contributed by atoms with Crippen molar-refractivity contribution in [3.05, 3.63) is 52.3 Å². The lowest BCUT2D eigenvalue weighted by molar-refractivity contribution is 0.0995. The van der Waals surface area contributed by atoms with E-state index in [0.717, 1.165) is 34.5 Å². The molecule has 0 unspecified atom stereocenters. The molecule has 6 heteroatoms. The maximum absolute atomic E-state index is 12.8. The number of thiazole rings is 1. The summed E-state index contributed by atoms with van der Waals surface area (Å²) < 4.78 is 14.0. The summed E-state index contributed by atoms with van der Waals surface area (Å²) in [4.78, 5) is 17.9. The molecule has 0 aliphatic carbocycles. The minimum Gasteiger partial charge on any atom is -0.496 e. The molecule has 0 atom stereocenters. The van der Waals surface area contributed by atoms with Crippen LogP contribution in [0.4, 0.5) is 0 Å². The van der Waals surface area contributed by atoms with E-state index >= 15 is 0 Å². The van der Waals surface area contributed by atoms with Gasteiger partial charge in [0.2, 0.25) is 0 Å². The summed E-state index contributed by atoms with van der Waals surface area (Å²) >= 11 is 1.51. The quantitative estimate of drug-likeness (QED) is 0.677. The van der Waals surface area contributed by atoms with Gasteiger partial charge in [-0.25, -0.2) is 0 Å². The van der Waals surface area contributed by atoms with E-state index in [9.17, 15) is 4.79 Å². The van der Waals surface area contributed by atoms with Gasteiger partial charge < -0.3 is 14.0 Å². The molecule has 26 heavy (non-hydrogen) atoms. The molecule has 3 aromatic rings. The molecule has 1 amide bonds. The Morgan fingerprint density at radius 1 is 1.12 bits per heavy atom. The van der Waals surface area contributed by atoms with Crippen LogP contribution in [-0.2, 0) is 6.54 Å². The van der Waals surface area contributed by atoms with Crippen molar-refractivity contribution in [2.24, 2.45) is 4.99 Å². The number of aromatic nitrogens is 1. The van der Waals surface area contributed by atoms with Gasteiger partial charge in [0.25, 0.3) is 5.91 Å². The van der Waals surface area contributed by atoms with Crippen molar-refractivity contribution in [1.82, 2.24) is 4.57 Å². The second-order valence-corrected chi connectivity index (χ2v) is 6.89. The van der Waals surface area contributed by atoms with E-state index in [0.29, 0.717) is 16.1 Å². The number of rotatable bonds is 5. The first-order valence-corrected chi connectivity index (χ1v) is 9.31. The number of para-hydroxylation sites is 1. The maximum Gasteiger partial charge on any atom is 0.283 e. The standard InChI is InChI=1S/C20H22N2O3S/c1-5-12-22-17-16(25-4)11-10-13(2)18(17)26-20(22)21-19(23)14-8-6-7-9-15(14)24-3/h6-11H,5,12H2,1-4H3. The number of amides is 1. The first kappa shape index (κ1) is 18.2. The van der Waals surface area contributed by atoms with Crippen LogP contribution in [0.25, 0.3) is 10.2 Å². The fraction of sp³-hybridized carbons (Fsp3) is 0.300. The normalized spacial score (nSPS) is 11.8. The van der Waals surface area contributed by atoms with Crippen molar-refractivity contribution in [2.45, 2.75) is 26.8 Å². The van der Waals surface area contributed by atoms with Crippen molar-refractivity contribution >= 4 is 27.5 Å². The van der Waals surface area contributed by atoms with E-state index in [1.807, 2.05) is 24.3 Å². The van der Waals surface area contributed by atoms with Crippen LogP contribution in [0.15, 0.2) is 41.4 Å². The summed E-state index contributed by atoms with van der Waals surface area (Å²) in [6, 6.07) is 11.1. The fourth-order valence-electron chi connectivity index (χ4n) is 2.93. The Morgan fingerprint density at radius 2 is 1.85 bits per heavy atom. The molecule has 136 valence electrons. The van der Waals surface area contributed by atoms with Gasteiger partial charge in [-0.2, -0.15) is 4.99 Å². The molecule has 0 N–H and O–H groups in total. The second kappa shape index (κ2) is 7.74. The van der Waals surface area contributed by atoms with Gasteiger partial charge in [0.1, 0.15) is 17.0 Å². The number of benzene rings is 2. The molecule has 0 radical (unpaired) electrons. The summed E-state index contributed by atoms with van der Waals surface area (Å²) in [6.45, 7) is 4.92. The number of aryl methyl sites for hydroxylation is 2. The monoisotopic (exact) mass is 370 g/mol. The molecular weight excluding hydrogens is 348 g/mol. The van der Waals surface area contributed by atoms with Crippen molar-refractivity contribution in [3.63, 3.8) is 0 Å². The number of methoxy groups -OCH3 is 2. The van der Waals surface area contributed by atoms with Gasteiger partial charge in [-0.1, -0.05) is 36.5 Å². The molecule has 0 aliphatic heterocycles. The van der Waals surface area contributed by atoms with Crippen molar-refractivity contribution in [3.8, 4) is 11.5 Å². The Labute approximate surface area is 156 Å². The first-order chi connectivity index (χ1) is 12.6. The van der Waals surface area contributed by atoms with Gasteiger partial charge in [0, 0.05) is 6.54 Å². The van der Waals surface area contributed by atoms with Crippen LogP contribution in [0.1, 0.15) is 29.3 Å². The van der Waals surface area contributed by atoms with Gasteiger partial charge in [-0.3, -0.25) is 4.79 Å². The Bertz CT molecular complexity index is 1020. The second-order valence-electron chi connectivity index (χ2n) is 5.92. The Balaban J connectivity index is 2.24. The lowest BCUT2D eigenvalue weighted by Gasteiger charge is -2.08. The fourth-order valence-corrected chi connectivity index (χ4v) is 4.07. The van der Waals surface area contributed by atoms with E-state index in [1.54, 1.807) is 26.4 Å².